The Morgan fingerprint density at radius 1 is 0.971 bits per heavy atom. The number of carbonyl (C=O) groups is 2. The molecule has 2 heterocycles. The van der Waals surface area contributed by atoms with Crippen LogP contribution in [0.1, 0.15) is 48.5 Å². The lowest BCUT2D eigenvalue weighted by Crippen LogP contribution is -2.50. The molecule has 35 heavy (non-hydrogen) atoms. The predicted molar refractivity (Wildman–Crippen MR) is 131 cm³/mol. The van der Waals surface area contributed by atoms with E-state index in [-0.39, 0.29) is 24.4 Å². The van der Waals surface area contributed by atoms with Crippen molar-refractivity contribution in [3.8, 4) is 11.5 Å². The molecule has 2 aliphatic rings. The fraction of sp³-hybridized carbons (Fsp3) is 0.481. The molecule has 8 heteroatoms. The number of amides is 2. The van der Waals surface area contributed by atoms with Gasteiger partial charge in [-0.25, -0.2) is 4.39 Å². The van der Waals surface area contributed by atoms with E-state index in [4.69, 9.17) is 9.47 Å². The summed E-state index contributed by atoms with van der Waals surface area (Å²) >= 11 is 0. The van der Waals surface area contributed by atoms with E-state index >= 15 is 0 Å². The van der Waals surface area contributed by atoms with Crippen LogP contribution in [-0.4, -0.2) is 72.6 Å². The first-order chi connectivity index (χ1) is 17.0. The van der Waals surface area contributed by atoms with Gasteiger partial charge in [-0.15, -0.1) is 0 Å². The van der Waals surface area contributed by atoms with Gasteiger partial charge in [-0.05, 0) is 42.3 Å². The number of nitrogens with zero attached hydrogens (tertiary/aromatic N) is 3. The van der Waals surface area contributed by atoms with E-state index in [1.807, 2.05) is 9.80 Å². The molecule has 0 aromatic heterocycles. The minimum atomic E-state index is -0.275. The lowest BCUT2D eigenvalue weighted by Gasteiger charge is -2.36. The Bertz CT molecular complexity index is 1010. The van der Waals surface area contributed by atoms with Crippen molar-refractivity contribution in [1.82, 2.24) is 14.7 Å². The van der Waals surface area contributed by atoms with Crippen molar-refractivity contribution < 1.29 is 23.5 Å². The van der Waals surface area contributed by atoms with Gasteiger partial charge in [-0.2, -0.15) is 0 Å². The fourth-order valence-corrected chi connectivity index (χ4v) is 4.44. The molecule has 0 aliphatic carbocycles. The lowest BCUT2D eigenvalue weighted by atomic mass is 10.1. The number of hydrogen-bond acceptors (Lipinski definition) is 5. The highest BCUT2D eigenvalue weighted by Crippen LogP contribution is 2.32. The van der Waals surface area contributed by atoms with Crippen molar-refractivity contribution in [1.29, 1.82) is 0 Å². The van der Waals surface area contributed by atoms with Crippen LogP contribution in [0, 0.1) is 5.82 Å². The quantitative estimate of drug-likeness (QED) is 0.480. The molecule has 4 rings (SSSR count). The molecule has 0 radical (unpaired) electrons. The van der Waals surface area contributed by atoms with Gasteiger partial charge in [0.05, 0.1) is 0 Å². The summed E-state index contributed by atoms with van der Waals surface area (Å²) in [6, 6.07) is 11.6. The van der Waals surface area contributed by atoms with Gasteiger partial charge in [0, 0.05) is 57.8 Å². The van der Waals surface area contributed by atoms with Gasteiger partial charge in [0.1, 0.15) is 5.82 Å². The van der Waals surface area contributed by atoms with Gasteiger partial charge in [-0.1, -0.05) is 31.9 Å². The first-order valence-corrected chi connectivity index (χ1v) is 12.5. The summed E-state index contributed by atoms with van der Waals surface area (Å²) in [5, 5.41) is 0. The van der Waals surface area contributed by atoms with Crippen molar-refractivity contribution in [2.24, 2.45) is 0 Å². The Balaban J connectivity index is 1.29. The van der Waals surface area contributed by atoms with E-state index in [9.17, 15) is 14.0 Å². The van der Waals surface area contributed by atoms with Crippen LogP contribution in [0.4, 0.5) is 4.39 Å². The number of piperazine rings is 1. The second-order valence-electron chi connectivity index (χ2n) is 9.10. The normalized spacial score (nSPS) is 15.3. The smallest absolute Gasteiger partial charge is 0.254 e. The zero-order valence-corrected chi connectivity index (χ0v) is 20.4. The molecule has 2 aliphatic heterocycles. The van der Waals surface area contributed by atoms with Crippen LogP contribution in [0.15, 0.2) is 42.5 Å². The average Bonchev–Trinajstić information content (AvgIpc) is 3.35. The topological polar surface area (TPSA) is 62.3 Å². The summed E-state index contributed by atoms with van der Waals surface area (Å²) in [5.74, 6) is 1.13. The molecule has 2 aromatic rings. The van der Waals surface area contributed by atoms with Crippen LogP contribution in [0.25, 0.3) is 0 Å². The Kier molecular flexibility index (Phi) is 8.58. The van der Waals surface area contributed by atoms with Crippen LogP contribution in [0.2, 0.25) is 0 Å². The zero-order valence-electron chi connectivity index (χ0n) is 20.4. The van der Waals surface area contributed by atoms with Crippen LogP contribution in [0.5, 0.6) is 11.5 Å². The van der Waals surface area contributed by atoms with Gasteiger partial charge in [0.15, 0.2) is 11.5 Å². The largest absolute Gasteiger partial charge is 0.454 e. The number of rotatable bonds is 10. The maximum Gasteiger partial charge on any atom is 0.254 e. The number of ether oxygens (including phenoxy) is 2. The molecule has 0 N–H and O–H groups in total. The first kappa shape index (κ1) is 25.0. The van der Waals surface area contributed by atoms with E-state index in [2.05, 4.69) is 11.8 Å². The highest BCUT2D eigenvalue weighted by Gasteiger charge is 2.25. The molecule has 0 spiro atoms. The maximum absolute atomic E-state index is 13.3. The second kappa shape index (κ2) is 12.0. The predicted octanol–water partition coefficient (Wildman–Crippen LogP) is 3.92. The van der Waals surface area contributed by atoms with Crippen molar-refractivity contribution in [2.75, 3.05) is 46.1 Å². The first-order valence-electron chi connectivity index (χ1n) is 12.5. The van der Waals surface area contributed by atoms with E-state index in [0.29, 0.717) is 49.7 Å². The molecule has 1 saturated heterocycles. The second-order valence-corrected chi connectivity index (χ2v) is 9.10. The monoisotopic (exact) mass is 483 g/mol. The number of fused-ring (bicyclic) bond motifs is 1. The molecule has 0 unspecified atom stereocenters. The minimum absolute atomic E-state index is 0.00742. The van der Waals surface area contributed by atoms with Crippen molar-refractivity contribution in [3.63, 3.8) is 0 Å². The Morgan fingerprint density at radius 2 is 1.71 bits per heavy atom. The van der Waals surface area contributed by atoms with E-state index in [1.165, 1.54) is 12.1 Å². The summed E-state index contributed by atoms with van der Waals surface area (Å²) in [7, 11) is 0. The summed E-state index contributed by atoms with van der Waals surface area (Å²) in [5.41, 5.74) is 1.53. The van der Waals surface area contributed by atoms with Gasteiger partial charge in [0.25, 0.3) is 5.91 Å². The third-order valence-electron chi connectivity index (χ3n) is 6.60. The van der Waals surface area contributed by atoms with Crippen LogP contribution >= 0.6 is 0 Å². The molecule has 2 amide bonds. The third kappa shape index (κ3) is 6.72. The van der Waals surface area contributed by atoms with Crippen molar-refractivity contribution in [2.45, 2.75) is 39.2 Å². The molecule has 1 fully saturated rings. The standard InChI is InChI=1S/C27H34FN3O4/c1-2-3-4-5-26(32)31(19-21-6-9-23(28)10-7-21)17-14-29-12-15-30(16-13-29)27(33)22-8-11-24-25(18-22)35-20-34-24/h6-11,18H,2-5,12-17,19-20H2,1H3. The highest BCUT2D eigenvalue weighted by molar-refractivity contribution is 5.95. The molecule has 0 bridgehead atoms. The minimum Gasteiger partial charge on any atom is -0.454 e. The van der Waals surface area contributed by atoms with E-state index < -0.39 is 0 Å². The molecule has 188 valence electrons. The molecule has 7 nitrogen and oxygen atoms in total. The molecular weight excluding hydrogens is 449 g/mol. The fourth-order valence-electron chi connectivity index (χ4n) is 4.44. The molecule has 0 atom stereocenters. The van der Waals surface area contributed by atoms with Crippen molar-refractivity contribution >= 4 is 11.8 Å². The van der Waals surface area contributed by atoms with Crippen LogP contribution in [-0.2, 0) is 11.3 Å². The van der Waals surface area contributed by atoms with E-state index in [1.54, 1.807) is 30.3 Å². The van der Waals surface area contributed by atoms with Crippen molar-refractivity contribution in [3.05, 3.63) is 59.4 Å². The van der Waals surface area contributed by atoms with Gasteiger partial charge in [0.2, 0.25) is 12.7 Å². The summed E-state index contributed by atoms with van der Waals surface area (Å²) in [6.45, 7) is 6.92. The average molecular weight is 484 g/mol. The number of unbranched alkanes of at least 4 members (excludes halogenated alkanes) is 2. The summed E-state index contributed by atoms with van der Waals surface area (Å²) < 4.78 is 24.0. The number of halogens is 1. The molecule has 2 aromatic carbocycles. The SMILES string of the molecule is CCCCCC(=O)N(CCN1CCN(C(=O)c2ccc3c(c2)OCO3)CC1)Cc1ccc(F)cc1. The zero-order chi connectivity index (χ0) is 24.6. The summed E-state index contributed by atoms with van der Waals surface area (Å²) in [6.07, 6.45) is 3.53. The number of carbonyl (C=O) groups excluding carboxylic acids is 2. The molecule has 0 saturated carbocycles. The Labute approximate surface area is 206 Å². The van der Waals surface area contributed by atoms with Gasteiger partial charge in [-0.3, -0.25) is 14.5 Å². The summed E-state index contributed by atoms with van der Waals surface area (Å²) in [4.78, 5) is 31.9. The van der Waals surface area contributed by atoms with Gasteiger partial charge < -0.3 is 19.3 Å². The number of hydrogen-bond donors (Lipinski definition) is 0. The lowest BCUT2D eigenvalue weighted by molar-refractivity contribution is -0.132. The number of benzene rings is 2. The van der Waals surface area contributed by atoms with E-state index in [0.717, 1.165) is 44.5 Å². The third-order valence-corrected chi connectivity index (χ3v) is 6.60. The van der Waals surface area contributed by atoms with Crippen LogP contribution < -0.4 is 9.47 Å². The maximum atomic E-state index is 13.3. The molecular formula is C27H34FN3O4. The Morgan fingerprint density at radius 3 is 2.46 bits per heavy atom. The van der Waals surface area contributed by atoms with Gasteiger partial charge >= 0.3 is 0 Å². The van der Waals surface area contributed by atoms with Crippen LogP contribution in [0.3, 0.4) is 0 Å². The highest BCUT2D eigenvalue weighted by atomic mass is 19.1. The Hall–Kier alpha value is -3.13.